The number of hydrogen-bond acceptors (Lipinski definition) is 3. The van der Waals surface area contributed by atoms with Crippen molar-refractivity contribution in [2.75, 3.05) is 20.8 Å². The van der Waals surface area contributed by atoms with Crippen molar-refractivity contribution in [3.63, 3.8) is 0 Å². The molecule has 4 nitrogen and oxygen atoms in total. The van der Waals surface area contributed by atoms with E-state index in [1.165, 1.54) is 0 Å². The SMILES string of the molecule is COc1cc(C)c(CCNC(=O)c2ccc(Cl)cc2)cc1OC. The molecular weight excluding hydrogens is 314 g/mol. The summed E-state index contributed by atoms with van der Waals surface area (Å²) in [5, 5.41) is 3.52. The molecule has 0 radical (unpaired) electrons. The maximum atomic E-state index is 12.1. The average Bonchev–Trinajstić information content (AvgIpc) is 2.56. The smallest absolute Gasteiger partial charge is 0.251 e. The fourth-order valence-electron chi connectivity index (χ4n) is 2.31. The standard InChI is InChI=1S/C18H20ClNO3/c1-12-10-16(22-2)17(23-3)11-14(12)8-9-20-18(21)13-4-6-15(19)7-5-13/h4-7,10-11H,8-9H2,1-3H3,(H,20,21). The maximum Gasteiger partial charge on any atom is 0.251 e. The lowest BCUT2D eigenvalue weighted by Crippen LogP contribution is -2.25. The normalized spacial score (nSPS) is 10.3. The van der Waals surface area contributed by atoms with Crippen LogP contribution in [0, 0.1) is 6.92 Å². The van der Waals surface area contributed by atoms with Crippen molar-refractivity contribution in [1.29, 1.82) is 0 Å². The average molecular weight is 334 g/mol. The lowest BCUT2D eigenvalue weighted by molar-refractivity contribution is 0.0954. The summed E-state index contributed by atoms with van der Waals surface area (Å²) in [7, 11) is 3.22. The van der Waals surface area contributed by atoms with Crippen LogP contribution in [0.3, 0.4) is 0 Å². The molecule has 0 bridgehead atoms. The predicted molar refractivity (Wildman–Crippen MR) is 91.8 cm³/mol. The van der Waals surface area contributed by atoms with Crippen LogP contribution in [-0.4, -0.2) is 26.7 Å². The second-order valence-corrected chi connectivity index (χ2v) is 5.58. The molecule has 2 aromatic carbocycles. The number of ether oxygens (including phenoxy) is 2. The number of amides is 1. The topological polar surface area (TPSA) is 47.6 Å². The minimum atomic E-state index is -0.111. The molecule has 0 aliphatic heterocycles. The Balaban J connectivity index is 1.98. The Hall–Kier alpha value is -2.20. The summed E-state index contributed by atoms with van der Waals surface area (Å²) in [5.41, 5.74) is 2.81. The van der Waals surface area contributed by atoms with Gasteiger partial charge in [0.05, 0.1) is 14.2 Å². The summed E-state index contributed by atoms with van der Waals surface area (Å²) in [5.74, 6) is 1.29. The molecule has 0 fully saturated rings. The van der Waals surface area contributed by atoms with Crippen LogP contribution in [0.5, 0.6) is 11.5 Å². The van der Waals surface area contributed by atoms with E-state index in [9.17, 15) is 4.79 Å². The van der Waals surface area contributed by atoms with Gasteiger partial charge in [-0.25, -0.2) is 0 Å². The Morgan fingerprint density at radius 1 is 1.09 bits per heavy atom. The highest BCUT2D eigenvalue weighted by Gasteiger charge is 2.09. The summed E-state index contributed by atoms with van der Waals surface area (Å²) in [6, 6.07) is 10.7. The van der Waals surface area contributed by atoms with Crippen LogP contribution in [0.2, 0.25) is 5.02 Å². The maximum absolute atomic E-state index is 12.1. The largest absolute Gasteiger partial charge is 0.493 e. The van der Waals surface area contributed by atoms with Gasteiger partial charge in [-0.15, -0.1) is 0 Å². The van der Waals surface area contributed by atoms with E-state index in [2.05, 4.69) is 5.32 Å². The first-order valence-corrected chi connectivity index (χ1v) is 7.68. The van der Waals surface area contributed by atoms with Crippen molar-refractivity contribution in [3.05, 3.63) is 58.1 Å². The number of rotatable bonds is 6. The molecular formula is C18H20ClNO3. The summed E-state index contributed by atoms with van der Waals surface area (Å²) in [4.78, 5) is 12.1. The van der Waals surface area contributed by atoms with Gasteiger partial charge in [0.2, 0.25) is 0 Å². The van der Waals surface area contributed by atoms with E-state index in [1.54, 1.807) is 38.5 Å². The molecule has 23 heavy (non-hydrogen) atoms. The van der Waals surface area contributed by atoms with E-state index in [0.717, 1.165) is 11.1 Å². The second kappa shape index (κ2) is 7.88. The van der Waals surface area contributed by atoms with Crippen LogP contribution < -0.4 is 14.8 Å². The number of benzene rings is 2. The van der Waals surface area contributed by atoms with E-state index >= 15 is 0 Å². The van der Waals surface area contributed by atoms with E-state index in [-0.39, 0.29) is 5.91 Å². The fourth-order valence-corrected chi connectivity index (χ4v) is 2.43. The third kappa shape index (κ3) is 4.39. The summed E-state index contributed by atoms with van der Waals surface area (Å²) in [6.45, 7) is 2.55. The number of aryl methyl sites for hydroxylation is 1. The van der Waals surface area contributed by atoms with E-state index in [0.29, 0.717) is 35.1 Å². The van der Waals surface area contributed by atoms with Crippen molar-refractivity contribution in [2.45, 2.75) is 13.3 Å². The quantitative estimate of drug-likeness (QED) is 0.878. The summed E-state index contributed by atoms with van der Waals surface area (Å²) < 4.78 is 10.6. The Bertz CT molecular complexity index is 683. The van der Waals surface area contributed by atoms with Crippen molar-refractivity contribution in [1.82, 2.24) is 5.32 Å². The molecule has 1 N–H and O–H groups in total. The van der Waals surface area contributed by atoms with Crippen molar-refractivity contribution >= 4 is 17.5 Å². The van der Waals surface area contributed by atoms with Gasteiger partial charge in [0.1, 0.15) is 0 Å². The Kier molecular flexibility index (Phi) is 5.88. The molecule has 0 spiro atoms. The highest BCUT2D eigenvalue weighted by molar-refractivity contribution is 6.30. The molecule has 0 saturated carbocycles. The molecule has 0 unspecified atom stereocenters. The molecule has 0 saturated heterocycles. The Morgan fingerprint density at radius 3 is 2.30 bits per heavy atom. The van der Waals surface area contributed by atoms with Gasteiger partial charge in [0.15, 0.2) is 11.5 Å². The molecule has 5 heteroatoms. The molecule has 0 heterocycles. The van der Waals surface area contributed by atoms with Gasteiger partial charge in [0.25, 0.3) is 5.91 Å². The first-order valence-electron chi connectivity index (χ1n) is 7.30. The van der Waals surface area contributed by atoms with Gasteiger partial charge < -0.3 is 14.8 Å². The number of halogens is 1. The predicted octanol–water partition coefficient (Wildman–Crippen LogP) is 3.64. The Morgan fingerprint density at radius 2 is 1.70 bits per heavy atom. The van der Waals surface area contributed by atoms with Gasteiger partial charge in [-0.2, -0.15) is 0 Å². The second-order valence-electron chi connectivity index (χ2n) is 5.15. The third-order valence-corrected chi connectivity index (χ3v) is 3.88. The highest BCUT2D eigenvalue weighted by atomic mass is 35.5. The monoisotopic (exact) mass is 333 g/mol. The summed E-state index contributed by atoms with van der Waals surface area (Å²) >= 11 is 5.82. The number of hydrogen-bond donors (Lipinski definition) is 1. The zero-order valence-corrected chi connectivity index (χ0v) is 14.2. The number of methoxy groups -OCH3 is 2. The fraction of sp³-hybridized carbons (Fsp3) is 0.278. The summed E-state index contributed by atoms with van der Waals surface area (Å²) in [6.07, 6.45) is 0.714. The highest BCUT2D eigenvalue weighted by Crippen LogP contribution is 2.30. The first-order chi connectivity index (χ1) is 11.0. The number of carbonyl (C=O) groups excluding carboxylic acids is 1. The van der Waals surface area contributed by atoms with Crippen LogP contribution in [0.1, 0.15) is 21.5 Å². The van der Waals surface area contributed by atoms with Crippen molar-refractivity contribution in [2.24, 2.45) is 0 Å². The molecule has 2 rings (SSSR count). The van der Waals surface area contributed by atoms with Gasteiger partial charge in [0, 0.05) is 17.1 Å². The van der Waals surface area contributed by atoms with Crippen molar-refractivity contribution in [3.8, 4) is 11.5 Å². The van der Waals surface area contributed by atoms with Crippen LogP contribution in [0.4, 0.5) is 0 Å². The molecule has 0 aromatic heterocycles. The molecule has 1 amide bonds. The first kappa shape index (κ1) is 17.2. The van der Waals surface area contributed by atoms with Crippen LogP contribution in [0.25, 0.3) is 0 Å². The van der Waals surface area contributed by atoms with Gasteiger partial charge >= 0.3 is 0 Å². The molecule has 0 atom stereocenters. The number of nitrogens with one attached hydrogen (secondary N) is 1. The molecule has 122 valence electrons. The van der Waals surface area contributed by atoms with Gasteiger partial charge in [-0.3, -0.25) is 4.79 Å². The molecule has 0 aliphatic rings. The van der Waals surface area contributed by atoms with Gasteiger partial charge in [-0.05, 0) is 60.9 Å². The van der Waals surface area contributed by atoms with Crippen LogP contribution in [0.15, 0.2) is 36.4 Å². The minimum absolute atomic E-state index is 0.111. The Labute approximate surface area is 141 Å². The van der Waals surface area contributed by atoms with Gasteiger partial charge in [-0.1, -0.05) is 11.6 Å². The lowest BCUT2D eigenvalue weighted by atomic mass is 10.0. The van der Waals surface area contributed by atoms with E-state index < -0.39 is 0 Å². The zero-order chi connectivity index (χ0) is 16.8. The van der Waals surface area contributed by atoms with Crippen LogP contribution in [-0.2, 0) is 6.42 Å². The third-order valence-electron chi connectivity index (χ3n) is 3.63. The number of carbonyl (C=O) groups is 1. The zero-order valence-electron chi connectivity index (χ0n) is 13.5. The lowest BCUT2D eigenvalue weighted by Gasteiger charge is -2.13. The minimum Gasteiger partial charge on any atom is -0.493 e. The van der Waals surface area contributed by atoms with Crippen LogP contribution >= 0.6 is 11.6 Å². The molecule has 2 aromatic rings. The van der Waals surface area contributed by atoms with E-state index in [4.69, 9.17) is 21.1 Å². The van der Waals surface area contributed by atoms with Crippen molar-refractivity contribution < 1.29 is 14.3 Å². The molecule has 0 aliphatic carbocycles. The van der Waals surface area contributed by atoms with E-state index in [1.807, 2.05) is 19.1 Å².